The molecule has 1 aromatic carbocycles. The zero-order valence-corrected chi connectivity index (χ0v) is 15.1. The zero-order valence-electron chi connectivity index (χ0n) is 12.8. The first kappa shape index (κ1) is 20.3. The third kappa shape index (κ3) is 4.02. The van der Waals surface area contributed by atoms with Crippen molar-refractivity contribution in [1.29, 1.82) is 0 Å². The fraction of sp³-hybridized carbons (Fsp3) is 0.143. The number of sulfone groups is 1. The molecule has 0 unspecified atom stereocenters. The number of carbonyl (C=O) groups excluding carboxylic acids is 1. The van der Waals surface area contributed by atoms with E-state index in [1.54, 1.807) is 0 Å². The van der Waals surface area contributed by atoms with Crippen LogP contribution in [0.5, 0.6) is 5.75 Å². The predicted molar refractivity (Wildman–Crippen MR) is 88.4 cm³/mol. The number of rotatable bonds is 4. The lowest BCUT2D eigenvalue weighted by Crippen LogP contribution is -2.23. The first-order chi connectivity index (χ1) is 12.0. The van der Waals surface area contributed by atoms with E-state index in [1.165, 1.54) is 13.2 Å². The van der Waals surface area contributed by atoms with Crippen LogP contribution in [0.4, 0.5) is 18.9 Å². The molecular weight excluding hydrogens is 420 g/mol. The van der Waals surface area contributed by atoms with Gasteiger partial charge in [0, 0.05) is 6.20 Å². The molecule has 0 aliphatic rings. The minimum atomic E-state index is -5.59. The van der Waals surface area contributed by atoms with Crippen LogP contribution in [0.15, 0.2) is 35.4 Å². The van der Waals surface area contributed by atoms with Gasteiger partial charge in [-0.25, -0.2) is 13.4 Å². The van der Waals surface area contributed by atoms with Crippen molar-refractivity contribution in [2.24, 2.45) is 0 Å². The molecule has 1 amide bonds. The van der Waals surface area contributed by atoms with Crippen LogP contribution >= 0.6 is 23.2 Å². The van der Waals surface area contributed by atoms with Gasteiger partial charge in [-0.2, -0.15) is 13.2 Å². The van der Waals surface area contributed by atoms with E-state index in [2.05, 4.69) is 10.3 Å². The number of nitrogens with zero attached hydrogens (tertiary/aromatic N) is 1. The van der Waals surface area contributed by atoms with Crippen molar-refractivity contribution in [2.45, 2.75) is 10.4 Å². The Labute approximate surface area is 155 Å². The fourth-order valence-electron chi connectivity index (χ4n) is 1.83. The van der Waals surface area contributed by atoms with Crippen LogP contribution in [0.25, 0.3) is 0 Å². The molecule has 0 saturated carbocycles. The number of halogens is 5. The highest BCUT2D eigenvalue weighted by atomic mass is 35.5. The van der Waals surface area contributed by atoms with Crippen LogP contribution < -0.4 is 10.1 Å². The van der Waals surface area contributed by atoms with Gasteiger partial charge in [0.15, 0.2) is 0 Å². The molecule has 0 saturated heterocycles. The average Bonchev–Trinajstić information content (AvgIpc) is 2.56. The summed E-state index contributed by atoms with van der Waals surface area (Å²) >= 11 is 11.4. The number of pyridine rings is 1. The number of ether oxygens (including phenoxy) is 1. The van der Waals surface area contributed by atoms with Gasteiger partial charge in [-0.05, 0) is 24.3 Å². The topological polar surface area (TPSA) is 85.4 Å². The third-order valence-electron chi connectivity index (χ3n) is 3.09. The van der Waals surface area contributed by atoms with Crippen molar-refractivity contribution in [3.8, 4) is 5.75 Å². The van der Waals surface area contributed by atoms with Gasteiger partial charge in [0.05, 0.1) is 28.3 Å². The summed E-state index contributed by atoms with van der Waals surface area (Å²) in [6.07, 6.45) is 1.09. The molecule has 1 heterocycles. The number of nitrogens with one attached hydrogen (secondary N) is 1. The Balaban J connectivity index is 2.43. The van der Waals surface area contributed by atoms with Crippen molar-refractivity contribution in [1.82, 2.24) is 4.98 Å². The molecule has 0 aliphatic heterocycles. The molecule has 2 rings (SSSR count). The second-order valence-corrected chi connectivity index (χ2v) is 7.47. The molecule has 140 valence electrons. The average molecular weight is 429 g/mol. The maximum atomic E-state index is 12.7. The van der Waals surface area contributed by atoms with Gasteiger partial charge in [0.1, 0.15) is 10.9 Å². The number of amides is 1. The minimum Gasteiger partial charge on any atom is -0.495 e. The molecule has 0 aliphatic carbocycles. The summed E-state index contributed by atoms with van der Waals surface area (Å²) in [7, 11) is -4.40. The summed E-state index contributed by atoms with van der Waals surface area (Å²) in [5, 5.41) is 2.19. The van der Waals surface area contributed by atoms with Gasteiger partial charge in [0.25, 0.3) is 15.7 Å². The van der Waals surface area contributed by atoms with Crippen molar-refractivity contribution in [3.05, 3.63) is 46.2 Å². The zero-order chi connectivity index (χ0) is 19.7. The van der Waals surface area contributed by atoms with E-state index >= 15 is 0 Å². The molecule has 0 spiro atoms. The van der Waals surface area contributed by atoms with Crippen molar-refractivity contribution >= 4 is 44.6 Å². The van der Waals surface area contributed by atoms with E-state index in [0.717, 1.165) is 18.3 Å². The molecule has 1 N–H and O–H groups in total. The molecule has 1 aromatic heterocycles. The van der Waals surface area contributed by atoms with Gasteiger partial charge in [-0.1, -0.05) is 23.2 Å². The van der Waals surface area contributed by atoms with E-state index in [-0.39, 0.29) is 27.2 Å². The summed E-state index contributed by atoms with van der Waals surface area (Å²) in [5.74, 6) is -0.858. The Hall–Kier alpha value is -2.04. The molecule has 0 atom stereocenters. The number of alkyl halides is 3. The Morgan fingerprint density at radius 2 is 1.88 bits per heavy atom. The van der Waals surface area contributed by atoms with Crippen molar-refractivity contribution in [2.75, 3.05) is 12.4 Å². The predicted octanol–water partition coefficient (Wildman–Crippen LogP) is 3.94. The summed E-state index contributed by atoms with van der Waals surface area (Å²) in [6.45, 7) is 0. The van der Waals surface area contributed by atoms with Gasteiger partial charge in [0.2, 0.25) is 0 Å². The van der Waals surface area contributed by atoms with Crippen LogP contribution in [-0.2, 0) is 9.84 Å². The van der Waals surface area contributed by atoms with E-state index < -0.39 is 26.1 Å². The Morgan fingerprint density at radius 3 is 2.42 bits per heavy atom. The van der Waals surface area contributed by atoms with Crippen LogP contribution in [-0.4, -0.2) is 31.9 Å². The lowest BCUT2D eigenvalue weighted by Gasteiger charge is -2.13. The van der Waals surface area contributed by atoms with E-state index in [9.17, 15) is 26.4 Å². The first-order valence-electron chi connectivity index (χ1n) is 6.59. The SMILES string of the molecule is COc1ccc(S(=O)(=O)C(F)(F)F)cc1NC(=O)c1cnc(Cl)c(Cl)c1. The normalized spacial score (nSPS) is 11.9. The maximum Gasteiger partial charge on any atom is 0.501 e. The van der Waals surface area contributed by atoms with E-state index in [1.807, 2.05) is 0 Å². The van der Waals surface area contributed by atoms with E-state index in [0.29, 0.717) is 6.07 Å². The van der Waals surface area contributed by atoms with Gasteiger partial charge in [-0.3, -0.25) is 4.79 Å². The standard InChI is InChI=1S/C14H9Cl2F3N2O4S/c1-25-11-3-2-8(26(23,24)14(17,18)19)5-10(11)21-13(22)7-4-9(15)12(16)20-6-7/h2-6H,1H3,(H,21,22). The molecule has 26 heavy (non-hydrogen) atoms. The summed E-state index contributed by atoms with van der Waals surface area (Å²) in [4.78, 5) is 14.8. The quantitative estimate of drug-likeness (QED) is 0.745. The third-order valence-corrected chi connectivity index (χ3v) is 5.26. The van der Waals surface area contributed by atoms with Crippen molar-refractivity contribution in [3.63, 3.8) is 0 Å². The lowest BCUT2D eigenvalue weighted by molar-refractivity contribution is -0.0436. The molecule has 2 aromatic rings. The number of carbonyl (C=O) groups is 1. The number of hydrogen-bond donors (Lipinski definition) is 1. The smallest absolute Gasteiger partial charge is 0.495 e. The van der Waals surface area contributed by atoms with Gasteiger partial charge < -0.3 is 10.1 Å². The number of anilines is 1. The highest BCUT2D eigenvalue weighted by Crippen LogP contribution is 2.35. The summed E-state index contributed by atoms with van der Waals surface area (Å²) in [5.41, 5.74) is -5.82. The second-order valence-electron chi connectivity index (χ2n) is 4.76. The minimum absolute atomic E-state index is 0.0142. The van der Waals surface area contributed by atoms with Gasteiger partial charge >= 0.3 is 5.51 Å². The maximum absolute atomic E-state index is 12.7. The second kappa shape index (κ2) is 7.29. The summed E-state index contributed by atoms with van der Waals surface area (Å²) < 4.78 is 66.1. The fourth-order valence-corrected chi connectivity index (χ4v) is 2.88. The summed E-state index contributed by atoms with van der Waals surface area (Å²) in [6, 6.07) is 3.54. The van der Waals surface area contributed by atoms with Crippen LogP contribution in [0.2, 0.25) is 10.2 Å². The van der Waals surface area contributed by atoms with Crippen LogP contribution in [0.3, 0.4) is 0 Å². The lowest BCUT2D eigenvalue weighted by atomic mass is 10.2. The molecule has 0 radical (unpaired) electrons. The monoisotopic (exact) mass is 428 g/mol. The highest BCUT2D eigenvalue weighted by molar-refractivity contribution is 7.92. The highest BCUT2D eigenvalue weighted by Gasteiger charge is 2.47. The molecule has 6 nitrogen and oxygen atoms in total. The number of hydrogen-bond acceptors (Lipinski definition) is 5. The molecule has 12 heteroatoms. The number of methoxy groups -OCH3 is 1. The number of benzene rings is 1. The number of aromatic nitrogens is 1. The van der Waals surface area contributed by atoms with Crippen LogP contribution in [0, 0.1) is 0 Å². The molecular formula is C14H9Cl2F3N2O4S. The molecule has 0 bridgehead atoms. The first-order valence-corrected chi connectivity index (χ1v) is 8.83. The van der Waals surface area contributed by atoms with Crippen LogP contribution in [0.1, 0.15) is 10.4 Å². The van der Waals surface area contributed by atoms with E-state index in [4.69, 9.17) is 27.9 Å². The largest absolute Gasteiger partial charge is 0.501 e. The Bertz CT molecular complexity index is 965. The molecule has 0 fully saturated rings. The Morgan fingerprint density at radius 1 is 1.23 bits per heavy atom. The van der Waals surface area contributed by atoms with Gasteiger partial charge in [-0.15, -0.1) is 0 Å². The Kier molecular flexibility index (Phi) is 5.69. The van der Waals surface area contributed by atoms with Crippen molar-refractivity contribution < 1.29 is 31.1 Å².